The van der Waals surface area contributed by atoms with Crippen LogP contribution in [0.5, 0.6) is 0 Å². The lowest BCUT2D eigenvalue weighted by molar-refractivity contribution is -0.127. The van der Waals surface area contributed by atoms with Gasteiger partial charge in [-0.15, -0.1) is 0 Å². The molecule has 0 aromatic heterocycles. The predicted octanol–water partition coefficient (Wildman–Crippen LogP) is 2.56. The molecular formula is C14H28N2O. The predicted molar refractivity (Wildman–Crippen MR) is 72.0 cm³/mol. The van der Waals surface area contributed by atoms with Crippen LogP contribution < -0.4 is 5.32 Å². The van der Waals surface area contributed by atoms with E-state index in [1.807, 2.05) is 0 Å². The van der Waals surface area contributed by atoms with Crippen LogP contribution in [-0.4, -0.2) is 36.5 Å². The van der Waals surface area contributed by atoms with Crippen molar-refractivity contribution in [2.24, 2.45) is 0 Å². The molecule has 100 valence electrons. The first kappa shape index (κ1) is 14.5. The number of rotatable bonds is 6. The second-order valence-electron chi connectivity index (χ2n) is 5.28. The van der Waals surface area contributed by atoms with Gasteiger partial charge in [-0.1, -0.05) is 33.1 Å². The van der Waals surface area contributed by atoms with Crippen LogP contribution in [0.1, 0.15) is 58.8 Å². The van der Waals surface area contributed by atoms with Crippen molar-refractivity contribution < 1.29 is 4.79 Å². The van der Waals surface area contributed by atoms with Crippen molar-refractivity contribution in [2.45, 2.75) is 70.9 Å². The van der Waals surface area contributed by atoms with E-state index in [0.717, 1.165) is 38.6 Å². The van der Waals surface area contributed by atoms with Gasteiger partial charge in [0.1, 0.15) is 0 Å². The Hall–Kier alpha value is -0.570. The number of hydrogen-bond acceptors (Lipinski definition) is 2. The van der Waals surface area contributed by atoms with Crippen LogP contribution in [0.2, 0.25) is 0 Å². The van der Waals surface area contributed by atoms with Crippen molar-refractivity contribution >= 4 is 5.91 Å². The van der Waals surface area contributed by atoms with E-state index in [-0.39, 0.29) is 11.9 Å². The summed E-state index contributed by atoms with van der Waals surface area (Å²) in [5.41, 5.74) is 0. The van der Waals surface area contributed by atoms with Crippen molar-refractivity contribution in [3.63, 3.8) is 0 Å². The summed E-state index contributed by atoms with van der Waals surface area (Å²) < 4.78 is 0. The molecule has 1 fully saturated rings. The highest BCUT2D eigenvalue weighted by atomic mass is 16.2. The number of carbonyl (C=O) groups is 1. The zero-order valence-corrected chi connectivity index (χ0v) is 11.7. The molecule has 0 radical (unpaired) electrons. The minimum absolute atomic E-state index is 0.111. The van der Waals surface area contributed by atoms with E-state index in [4.69, 9.17) is 0 Å². The van der Waals surface area contributed by atoms with Gasteiger partial charge >= 0.3 is 0 Å². The molecule has 0 aromatic rings. The molecule has 3 heteroatoms. The van der Waals surface area contributed by atoms with Gasteiger partial charge in [0.05, 0.1) is 6.04 Å². The molecule has 1 atom stereocenters. The third kappa shape index (κ3) is 4.66. The molecule has 0 spiro atoms. The number of carbonyl (C=O) groups excluding carboxylic acids is 1. The van der Waals surface area contributed by atoms with Gasteiger partial charge in [0.15, 0.2) is 0 Å². The SMILES string of the molecule is CCCC(CCC)NC(=O)[C@@H]1CCCCN1C. The first-order chi connectivity index (χ1) is 8.19. The Morgan fingerprint density at radius 1 is 1.29 bits per heavy atom. The first-order valence-corrected chi connectivity index (χ1v) is 7.19. The normalized spacial score (nSPS) is 21.8. The van der Waals surface area contributed by atoms with Crippen molar-refractivity contribution in [3.8, 4) is 0 Å². The summed E-state index contributed by atoms with van der Waals surface area (Å²) in [5.74, 6) is 0.249. The second-order valence-corrected chi connectivity index (χ2v) is 5.28. The van der Waals surface area contributed by atoms with Gasteiger partial charge in [-0.25, -0.2) is 0 Å². The summed E-state index contributed by atoms with van der Waals surface area (Å²) in [6, 6.07) is 0.493. The quantitative estimate of drug-likeness (QED) is 0.774. The highest BCUT2D eigenvalue weighted by Gasteiger charge is 2.26. The maximum absolute atomic E-state index is 12.2. The van der Waals surface area contributed by atoms with Gasteiger partial charge in [0.25, 0.3) is 0 Å². The van der Waals surface area contributed by atoms with Crippen molar-refractivity contribution in [1.82, 2.24) is 10.2 Å². The molecule has 0 aromatic carbocycles. The number of hydrogen-bond donors (Lipinski definition) is 1. The summed E-state index contributed by atoms with van der Waals surface area (Å²) in [6.07, 6.45) is 7.94. The molecule has 1 N–H and O–H groups in total. The molecule has 0 saturated carbocycles. The molecule has 1 aliphatic rings. The molecule has 17 heavy (non-hydrogen) atoms. The van der Waals surface area contributed by atoms with Crippen LogP contribution in [0, 0.1) is 0 Å². The van der Waals surface area contributed by atoms with Crippen LogP contribution in [-0.2, 0) is 4.79 Å². The van der Waals surface area contributed by atoms with E-state index in [2.05, 4.69) is 31.1 Å². The van der Waals surface area contributed by atoms with E-state index in [1.165, 1.54) is 12.8 Å². The summed E-state index contributed by atoms with van der Waals surface area (Å²) in [7, 11) is 2.07. The molecule has 1 heterocycles. The highest BCUT2D eigenvalue weighted by molar-refractivity contribution is 5.82. The molecule has 1 saturated heterocycles. The summed E-state index contributed by atoms with van der Waals surface area (Å²) in [5, 5.41) is 3.24. The lowest BCUT2D eigenvalue weighted by atomic mass is 10.0. The monoisotopic (exact) mass is 240 g/mol. The van der Waals surface area contributed by atoms with Gasteiger partial charge in [-0.05, 0) is 39.3 Å². The molecule has 0 unspecified atom stereocenters. The number of nitrogens with zero attached hydrogens (tertiary/aromatic N) is 1. The van der Waals surface area contributed by atoms with Crippen LogP contribution in [0.4, 0.5) is 0 Å². The van der Waals surface area contributed by atoms with Gasteiger partial charge in [-0.3, -0.25) is 9.69 Å². The molecule has 0 aliphatic carbocycles. The van der Waals surface area contributed by atoms with Gasteiger partial charge < -0.3 is 5.32 Å². The molecule has 0 bridgehead atoms. The van der Waals surface area contributed by atoms with E-state index >= 15 is 0 Å². The van der Waals surface area contributed by atoms with Gasteiger partial charge in [0, 0.05) is 6.04 Å². The largest absolute Gasteiger partial charge is 0.352 e. The smallest absolute Gasteiger partial charge is 0.237 e. The highest BCUT2D eigenvalue weighted by Crippen LogP contribution is 2.16. The number of likely N-dealkylation sites (N-methyl/N-ethyl adjacent to an activating group) is 1. The molecule has 1 rings (SSSR count). The minimum atomic E-state index is 0.111. The van der Waals surface area contributed by atoms with Crippen LogP contribution in [0.3, 0.4) is 0 Å². The summed E-state index contributed by atoms with van der Waals surface area (Å²) in [4.78, 5) is 14.4. The zero-order chi connectivity index (χ0) is 12.7. The first-order valence-electron chi connectivity index (χ1n) is 7.19. The Morgan fingerprint density at radius 2 is 1.94 bits per heavy atom. The fourth-order valence-corrected chi connectivity index (χ4v) is 2.69. The molecular weight excluding hydrogens is 212 g/mol. The average molecular weight is 240 g/mol. The average Bonchev–Trinajstić information content (AvgIpc) is 2.30. The number of piperidine rings is 1. The standard InChI is InChI=1S/C14H28N2O/c1-4-8-12(9-5-2)15-14(17)13-10-6-7-11-16(13)3/h12-13H,4-11H2,1-3H3,(H,15,17)/t13-/m0/s1. The number of amides is 1. The number of likely N-dealkylation sites (tertiary alicyclic amines) is 1. The third-order valence-electron chi connectivity index (χ3n) is 3.69. The van der Waals surface area contributed by atoms with E-state index in [1.54, 1.807) is 0 Å². The Morgan fingerprint density at radius 3 is 2.47 bits per heavy atom. The zero-order valence-electron chi connectivity index (χ0n) is 11.7. The Bertz CT molecular complexity index is 224. The molecule has 1 aliphatic heterocycles. The fourth-order valence-electron chi connectivity index (χ4n) is 2.69. The lowest BCUT2D eigenvalue weighted by Gasteiger charge is -2.32. The second kappa shape index (κ2) is 7.70. The fraction of sp³-hybridized carbons (Fsp3) is 0.929. The van der Waals surface area contributed by atoms with E-state index in [9.17, 15) is 4.79 Å². The van der Waals surface area contributed by atoms with Gasteiger partial charge in [0.2, 0.25) is 5.91 Å². The van der Waals surface area contributed by atoms with E-state index in [0.29, 0.717) is 6.04 Å². The van der Waals surface area contributed by atoms with Crippen molar-refractivity contribution in [3.05, 3.63) is 0 Å². The third-order valence-corrected chi connectivity index (χ3v) is 3.69. The van der Waals surface area contributed by atoms with Gasteiger partial charge in [-0.2, -0.15) is 0 Å². The molecule has 1 amide bonds. The van der Waals surface area contributed by atoms with Crippen LogP contribution >= 0.6 is 0 Å². The summed E-state index contributed by atoms with van der Waals surface area (Å²) >= 11 is 0. The maximum atomic E-state index is 12.2. The number of nitrogens with one attached hydrogen (secondary N) is 1. The van der Waals surface area contributed by atoms with Crippen LogP contribution in [0.15, 0.2) is 0 Å². The Labute approximate surface area is 106 Å². The minimum Gasteiger partial charge on any atom is -0.352 e. The van der Waals surface area contributed by atoms with Crippen molar-refractivity contribution in [2.75, 3.05) is 13.6 Å². The summed E-state index contributed by atoms with van der Waals surface area (Å²) in [6.45, 7) is 5.42. The van der Waals surface area contributed by atoms with Crippen LogP contribution in [0.25, 0.3) is 0 Å². The lowest BCUT2D eigenvalue weighted by Crippen LogP contribution is -2.50. The van der Waals surface area contributed by atoms with E-state index < -0.39 is 0 Å². The maximum Gasteiger partial charge on any atom is 0.237 e. The Balaban J connectivity index is 2.44. The topological polar surface area (TPSA) is 32.3 Å². The van der Waals surface area contributed by atoms with Crippen molar-refractivity contribution in [1.29, 1.82) is 0 Å². The molecule has 3 nitrogen and oxygen atoms in total. The Kier molecular flexibility index (Phi) is 6.56.